The van der Waals surface area contributed by atoms with Crippen LogP contribution in [0.1, 0.15) is 27.3 Å². The summed E-state index contributed by atoms with van der Waals surface area (Å²) in [5, 5.41) is 13.9. The van der Waals surface area contributed by atoms with E-state index in [9.17, 15) is 4.79 Å². The molecule has 36 heavy (non-hydrogen) atoms. The van der Waals surface area contributed by atoms with Gasteiger partial charge in [-0.1, -0.05) is 59.1 Å². The van der Waals surface area contributed by atoms with Gasteiger partial charge in [0, 0.05) is 39.9 Å². The standard InChI is InChI=1S/C26H21Cl3N6O/c1-14-24(15(2)34(3)32-14)23-11-19(18-6-4-5-7-22(18)30-23)26(36)31-25-21(29)13-35(33-25)12-16-8-9-17(27)10-20(16)28/h4-11,13H,12H2,1-3H3,(H,31,33,36). The van der Waals surface area contributed by atoms with Gasteiger partial charge in [-0.05, 0) is 43.7 Å². The maximum atomic E-state index is 13.5. The number of carbonyl (C=O) groups is 1. The van der Waals surface area contributed by atoms with Crippen LogP contribution in [-0.4, -0.2) is 30.5 Å². The lowest BCUT2D eigenvalue weighted by molar-refractivity contribution is 0.102. The van der Waals surface area contributed by atoms with Crippen LogP contribution in [-0.2, 0) is 13.6 Å². The van der Waals surface area contributed by atoms with E-state index in [1.165, 1.54) is 0 Å². The summed E-state index contributed by atoms with van der Waals surface area (Å²) >= 11 is 18.7. The summed E-state index contributed by atoms with van der Waals surface area (Å²) in [7, 11) is 1.88. The fourth-order valence-corrected chi connectivity index (χ4v) is 4.86. The number of fused-ring (bicyclic) bond motifs is 1. The number of carbonyl (C=O) groups excluding carboxylic acids is 1. The molecule has 1 N–H and O–H groups in total. The summed E-state index contributed by atoms with van der Waals surface area (Å²) in [5.74, 6) is -0.0892. The largest absolute Gasteiger partial charge is 0.304 e. The second-order valence-electron chi connectivity index (χ2n) is 8.45. The summed E-state index contributed by atoms with van der Waals surface area (Å²) in [5.41, 5.74) is 5.37. The Morgan fingerprint density at radius 1 is 1.00 bits per heavy atom. The van der Waals surface area contributed by atoms with Gasteiger partial charge < -0.3 is 5.32 Å². The molecule has 0 aliphatic heterocycles. The van der Waals surface area contributed by atoms with E-state index < -0.39 is 0 Å². The second kappa shape index (κ2) is 9.58. The number of nitrogens with one attached hydrogen (secondary N) is 1. The quantitative estimate of drug-likeness (QED) is 0.269. The van der Waals surface area contributed by atoms with E-state index in [1.54, 1.807) is 33.8 Å². The molecular weight excluding hydrogens is 519 g/mol. The molecule has 0 saturated carbocycles. The molecule has 0 atom stereocenters. The number of hydrogen-bond donors (Lipinski definition) is 1. The Morgan fingerprint density at radius 3 is 2.50 bits per heavy atom. The van der Waals surface area contributed by atoms with Gasteiger partial charge in [-0.3, -0.25) is 14.2 Å². The minimum atomic E-state index is -0.342. The zero-order chi connectivity index (χ0) is 25.6. The summed E-state index contributed by atoms with van der Waals surface area (Å²) in [6, 6.07) is 14.6. The molecule has 0 saturated heterocycles. The number of anilines is 1. The third-order valence-electron chi connectivity index (χ3n) is 6.02. The van der Waals surface area contributed by atoms with Crippen LogP contribution in [0.2, 0.25) is 15.1 Å². The highest BCUT2D eigenvalue weighted by molar-refractivity contribution is 6.35. The molecule has 0 bridgehead atoms. The van der Waals surface area contributed by atoms with Gasteiger partial charge in [0.15, 0.2) is 5.82 Å². The van der Waals surface area contributed by atoms with Crippen molar-refractivity contribution in [3.8, 4) is 11.3 Å². The lowest BCUT2D eigenvalue weighted by Gasteiger charge is -2.10. The first-order valence-electron chi connectivity index (χ1n) is 11.1. The Morgan fingerprint density at radius 2 is 1.78 bits per heavy atom. The number of hydrogen-bond acceptors (Lipinski definition) is 4. The van der Waals surface area contributed by atoms with Gasteiger partial charge in [-0.25, -0.2) is 4.98 Å². The SMILES string of the molecule is Cc1nn(C)c(C)c1-c1cc(C(=O)Nc2nn(Cc3ccc(Cl)cc3Cl)cc2Cl)c2ccccc2n1. The lowest BCUT2D eigenvalue weighted by Crippen LogP contribution is -2.14. The molecule has 5 aromatic rings. The zero-order valence-corrected chi connectivity index (χ0v) is 21.9. The van der Waals surface area contributed by atoms with E-state index in [2.05, 4.69) is 15.5 Å². The number of amides is 1. The van der Waals surface area contributed by atoms with Crippen LogP contribution in [0.4, 0.5) is 5.82 Å². The Kier molecular flexibility index (Phi) is 6.47. The molecule has 3 heterocycles. The third kappa shape index (κ3) is 4.57. The van der Waals surface area contributed by atoms with Crippen LogP contribution in [0.25, 0.3) is 22.2 Å². The minimum absolute atomic E-state index is 0.253. The van der Waals surface area contributed by atoms with Crippen LogP contribution >= 0.6 is 34.8 Å². The first kappa shape index (κ1) is 24.3. The van der Waals surface area contributed by atoms with Crippen LogP contribution in [0.15, 0.2) is 54.7 Å². The van der Waals surface area contributed by atoms with E-state index in [0.29, 0.717) is 38.4 Å². The van der Waals surface area contributed by atoms with Crippen LogP contribution in [0.3, 0.4) is 0 Å². The van der Waals surface area contributed by atoms with Crippen molar-refractivity contribution in [1.29, 1.82) is 0 Å². The minimum Gasteiger partial charge on any atom is -0.304 e. The Hall–Kier alpha value is -3.39. The molecule has 5 rings (SSSR count). The number of para-hydroxylation sites is 1. The average molecular weight is 540 g/mol. The van der Waals surface area contributed by atoms with Gasteiger partial charge in [-0.15, -0.1) is 0 Å². The normalized spacial score (nSPS) is 11.3. The van der Waals surface area contributed by atoms with E-state index in [1.807, 2.05) is 51.2 Å². The van der Waals surface area contributed by atoms with Crippen LogP contribution in [0, 0.1) is 13.8 Å². The monoisotopic (exact) mass is 538 g/mol. The third-order valence-corrected chi connectivity index (χ3v) is 6.89. The summed E-state index contributed by atoms with van der Waals surface area (Å²) < 4.78 is 3.42. The predicted molar refractivity (Wildman–Crippen MR) is 144 cm³/mol. The number of rotatable bonds is 5. The molecule has 10 heteroatoms. The van der Waals surface area contributed by atoms with E-state index >= 15 is 0 Å². The zero-order valence-electron chi connectivity index (χ0n) is 19.7. The van der Waals surface area contributed by atoms with Gasteiger partial charge in [-0.2, -0.15) is 10.2 Å². The van der Waals surface area contributed by atoms with Crippen molar-refractivity contribution in [3.05, 3.63) is 92.3 Å². The van der Waals surface area contributed by atoms with Gasteiger partial charge in [0.1, 0.15) is 5.02 Å². The van der Waals surface area contributed by atoms with Gasteiger partial charge >= 0.3 is 0 Å². The molecule has 2 aromatic carbocycles. The van der Waals surface area contributed by atoms with Crippen molar-refractivity contribution in [2.24, 2.45) is 7.05 Å². The second-order valence-corrected chi connectivity index (χ2v) is 9.71. The molecule has 7 nitrogen and oxygen atoms in total. The first-order chi connectivity index (χ1) is 17.2. The van der Waals surface area contributed by atoms with Crippen molar-refractivity contribution < 1.29 is 4.79 Å². The van der Waals surface area contributed by atoms with Gasteiger partial charge in [0.2, 0.25) is 0 Å². The lowest BCUT2D eigenvalue weighted by atomic mass is 10.0. The smallest absolute Gasteiger partial charge is 0.257 e. The Bertz CT molecular complexity index is 1640. The summed E-state index contributed by atoms with van der Waals surface area (Å²) in [6.07, 6.45) is 1.64. The van der Waals surface area contributed by atoms with Crippen LogP contribution in [0.5, 0.6) is 0 Å². The molecule has 3 aromatic heterocycles. The average Bonchev–Trinajstić information content (AvgIpc) is 3.31. The number of pyridine rings is 1. The van der Waals surface area contributed by atoms with E-state index in [4.69, 9.17) is 39.8 Å². The Balaban J connectivity index is 1.49. The highest BCUT2D eigenvalue weighted by atomic mass is 35.5. The number of halogens is 3. The van der Waals surface area contributed by atoms with Crippen molar-refractivity contribution in [1.82, 2.24) is 24.5 Å². The highest BCUT2D eigenvalue weighted by Crippen LogP contribution is 2.30. The molecule has 0 spiro atoms. The number of nitrogens with zero attached hydrogens (tertiary/aromatic N) is 5. The number of aryl methyl sites for hydroxylation is 2. The summed E-state index contributed by atoms with van der Waals surface area (Å²) in [6.45, 7) is 4.27. The van der Waals surface area contributed by atoms with Gasteiger partial charge in [0.25, 0.3) is 5.91 Å². The van der Waals surface area contributed by atoms with E-state index in [-0.39, 0.29) is 11.7 Å². The maximum Gasteiger partial charge on any atom is 0.257 e. The van der Waals surface area contributed by atoms with Crippen molar-refractivity contribution in [2.45, 2.75) is 20.4 Å². The van der Waals surface area contributed by atoms with Crippen molar-refractivity contribution >= 4 is 57.4 Å². The molecule has 0 fully saturated rings. The molecule has 0 unspecified atom stereocenters. The fourth-order valence-electron chi connectivity index (χ4n) is 4.20. The Labute approximate surface area is 222 Å². The molecule has 182 valence electrons. The maximum absolute atomic E-state index is 13.5. The van der Waals surface area contributed by atoms with Crippen molar-refractivity contribution in [2.75, 3.05) is 5.32 Å². The topological polar surface area (TPSA) is 77.6 Å². The summed E-state index contributed by atoms with van der Waals surface area (Å²) in [4.78, 5) is 18.3. The van der Waals surface area contributed by atoms with E-state index in [0.717, 1.165) is 27.9 Å². The first-order valence-corrected chi connectivity index (χ1v) is 12.2. The highest BCUT2D eigenvalue weighted by Gasteiger charge is 2.20. The molecule has 1 amide bonds. The fraction of sp³-hybridized carbons (Fsp3) is 0.154. The molecule has 0 radical (unpaired) electrons. The molecule has 0 aliphatic carbocycles. The van der Waals surface area contributed by atoms with Crippen molar-refractivity contribution in [3.63, 3.8) is 0 Å². The number of benzene rings is 2. The molecular formula is C26H21Cl3N6O. The van der Waals surface area contributed by atoms with Crippen LogP contribution < -0.4 is 5.32 Å². The van der Waals surface area contributed by atoms with Gasteiger partial charge in [0.05, 0.1) is 29.0 Å². The number of aromatic nitrogens is 5. The predicted octanol–water partition coefficient (Wildman–Crippen LogP) is 6.71. The molecule has 0 aliphatic rings.